The fraction of sp³-hybridized carbons (Fsp3) is 0.250. The number of thiophene rings is 1. The molecule has 0 unspecified atom stereocenters. The third-order valence-electron chi connectivity index (χ3n) is 1.27. The Balaban J connectivity index is 2.62. The lowest BCUT2D eigenvalue weighted by Gasteiger charge is -1.93. The molecular formula is C8H10N2OS2. The summed E-state index contributed by atoms with van der Waals surface area (Å²) < 4.78 is 1.20. The van der Waals surface area contributed by atoms with Crippen LogP contribution in [0.4, 0.5) is 0 Å². The van der Waals surface area contributed by atoms with Gasteiger partial charge in [0.15, 0.2) is 0 Å². The van der Waals surface area contributed by atoms with Crippen LogP contribution < -0.4 is 5.43 Å². The first-order valence-electron chi connectivity index (χ1n) is 3.65. The second-order valence-corrected chi connectivity index (χ2v) is 4.28. The monoisotopic (exact) mass is 214 g/mol. The first-order valence-corrected chi connectivity index (χ1v) is 5.75. The van der Waals surface area contributed by atoms with E-state index in [-0.39, 0.29) is 5.91 Å². The van der Waals surface area contributed by atoms with Gasteiger partial charge in [-0.2, -0.15) is 5.10 Å². The summed E-state index contributed by atoms with van der Waals surface area (Å²) in [5.74, 6) is -0.155. The van der Waals surface area contributed by atoms with E-state index in [0.717, 1.165) is 5.56 Å². The maximum Gasteiger partial charge on any atom is 0.236 e. The average molecular weight is 214 g/mol. The van der Waals surface area contributed by atoms with Crippen molar-refractivity contribution in [3.8, 4) is 0 Å². The molecule has 3 nitrogen and oxygen atoms in total. The summed E-state index contributed by atoms with van der Waals surface area (Å²) in [5, 5.41) is 5.79. The first-order chi connectivity index (χ1) is 6.24. The second kappa shape index (κ2) is 5.04. The molecule has 13 heavy (non-hydrogen) atoms. The quantitative estimate of drug-likeness (QED) is 0.474. The molecule has 1 N–H and O–H groups in total. The van der Waals surface area contributed by atoms with Crippen molar-refractivity contribution < 1.29 is 4.79 Å². The van der Waals surface area contributed by atoms with Crippen molar-refractivity contribution in [1.82, 2.24) is 5.43 Å². The van der Waals surface area contributed by atoms with E-state index in [4.69, 9.17) is 0 Å². The fourth-order valence-electron chi connectivity index (χ4n) is 0.760. The van der Waals surface area contributed by atoms with E-state index in [2.05, 4.69) is 10.5 Å². The van der Waals surface area contributed by atoms with Crippen LogP contribution in [0.1, 0.15) is 12.5 Å². The summed E-state index contributed by atoms with van der Waals surface area (Å²) >= 11 is 3.34. The molecule has 1 rings (SSSR count). The SMILES string of the molecule is CSc1sccc1/C=N\NC(C)=O. The van der Waals surface area contributed by atoms with Gasteiger partial charge in [0.1, 0.15) is 0 Å². The Morgan fingerprint density at radius 3 is 3.15 bits per heavy atom. The van der Waals surface area contributed by atoms with E-state index >= 15 is 0 Å². The molecule has 0 saturated carbocycles. The molecule has 70 valence electrons. The Morgan fingerprint density at radius 2 is 2.54 bits per heavy atom. The van der Waals surface area contributed by atoms with E-state index in [1.165, 1.54) is 11.1 Å². The number of nitrogens with zero attached hydrogens (tertiary/aromatic N) is 1. The Labute approximate surface area is 85.2 Å². The lowest BCUT2D eigenvalue weighted by molar-refractivity contribution is -0.118. The van der Waals surface area contributed by atoms with Gasteiger partial charge in [-0.05, 0) is 17.7 Å². The van der Waals surface area contributed by atoms with E-state index < -0.39 is 0 Å². The van der Waals surface area contributed by atoms with Gasteiger partial charge in [-0.3, -0.25) is 4.79 Å². The zero-order valence-electron chi connectivity index (χ0n) is 7.40. The van der Waals surface area contributed by atoms with Crippen molar-refractivity contribution in [3.05, 3.63) is 17.0 Å². The molecule has 0 aliphatic carbocycles. The highest BCUT2D eigenvalue weighted by molar-refractivity contribution is 8.00. The predicted molar refractivity (Wildman–Crippen MR) is 57.5 cm³/mol. The first kappa shape index (κ1) is 10.3. The number of hydrazone groups is 1. The largest absolute Gasteiger partial charge is 0.274 e. The Bertz CT molecular complexity index is 320. The number of hydrogen-bond donors (Lipinski definition) is 1. The van der Waals surface area contributed by atoms with Crippen LogP contribution in [0.3, 0.4) is 0 Å². The van der Waals surface area contributed by atoms with Crippen molar-refractivity contribution in [1.29, 1.82) is 0 Å². The lowest BCUT2D eigenvalue weighted by atomic mass is 10.4. The van der Waals surface area contributed by atoms with Gasteiger partial charge >= 0.3 is 0 Å². The van der Waals surface area contributed by atoms with Crippen LogP contribution in [0, 0.1) is 0 Å². The van der Waals surface area contributed by atoms with Crippen LogP contribution in [0.2, 0.25) is 0 Å². The molecular weight excluding hydrogens is 204 g/mol. The minimum absolute atomic E-state index is 0.155. The van der Waals surface area contributed by atoms with E-state index in [1.54, 1.807) is 29.3 Å². The highest BCUT2D eigenvalue weighted by Gasteiger charge is 1.98. The second-order valence-electron chi connectivity index (χ2n) is 2.29. The molecule has 0 saturated heterocycles. The molecule has 0 aliphatic rings. The molecule has 0 fully saturated rings. The highest BCUT2D eigenvalue weighted by atomic mass is 32.2. The zero-order chi connectivity index (χ0) is 9.68. The van der Waals surface area contributed by atoms with Crippen molar-refractivity contribution in [2.75, 3.05) is 6.26 Å². The van der Waals surface area contributed by atoms with Crippen LogP contribution in [-0.4, -0.2) is 18.4 Å². The molecule has 0 aliphatic heterocycles. The average Bonchev–Trinajstić information content (AvgIpc) is 2.51. The van der Waals surface area contributed by atoms with Gasteiger partial charge in [0.25, 0.3) is 0 Å². The van der Waals surface area contributed by atoms with Crippen molar-refractivity contribution >= 4 is 35.2 Å². The van der Waals surface area contributed by atoms with Gasteiger partial charge in [0, 0.05) is 12.5 Å². The molecule has 1 aromatic heterocycles. The standard InChI is InChI=1S/C8H10N2OS2/c1-6(11)10-9-5-7-3-4-13-8(7)12-2/h3-5H,1-2H3,(H,10,11)/b9-5-. The maximum absolute atomic E-state index is 10.5. The molecule has 1 aromatic rings. The third-order valence-corrected chi connectivity index (χ3v) is 3.39. The molecule has 1 amide bonds. The van der Waals surface area contributed by atoms with Gasteiger partial charge in [-0.25, -0.2) is 5.43 Å². The molecule has 0 bridgehead atoms. The molecule has 5 heteroatoms. The number of carbonyl (C=O) groups excluding carboxylic acids is 1. The third kappa shape index (κ3) is 3.20. The van der Waals surface area contributed by atoms with E-state index in [0.29, 0.717) is 0 Å². The number of nitrogens with one attached hydrogen (secondary N) is 1. The Kier molecular flexibility index (Phi) is 3.98. The summed E-state index contributed by atoms with van der Waals surface area (Å²) in [5.41, 5.74) is 3.41. The minimum atomic E-state index is -0.155. The van der Waals surface area contributed by atoms with Gasteiger partial charge in [0.2, 0.25) is 5.91 Å². The summed E-state index contributed by atoms with van der Waals surface area (Å²) in [7, 11) is 0. The summed E-state index contributed by atoms with van der Waals surface area (Å²) in [6.45, 7) is 1.43. The van der Waals surface area contributed by atoms with Gasteiger partial charge < -0.3 is 0 Å². The normalized spacial score (nSPS) is 10.6. The number of carbonyl (C=O) groups is 1. The molecule has 0 radical (unpaired) electrons. The van der Waals surface area contributed by atoms with Gasteiger partial charge in [-0.1, -0.05) is 0 Å². The minimum Gasteiger partial charge on any atom is -0.274 e. The summed E-state index contributed by atoms with van der Waals surface area (Å²) in [4.78, 5) is 10.5. The van der Waals surface area contributed by atoms with Gasteiger partial charge in [-0.15, -0.1) is 23.1 Å². The van der Waals surface area contributed by atoms with Crippen molar-refractivity contribution in [3.63, 3.8) is 0 Å². The molecule has 0 atom stereocenters. The van der Waals surface area contributed by atoms with Crippen LogP contribution in [0.15, 0.2) is 20.8 Å². The fourth-order valence-corrected chi connectivity index (χ4v) is 2.26. The number of hydrogen-bond acceptors (Lipinski definition) is 4. The maximum atomic E-state index is 10.5. The zero-order valence-corrected chi connectivity index (χ0v) is 9.04. The Morgan fingerprint density at radius 1 is 1.77 bits per heavy atom. The van der Waals surface area contributed by atoms with E-state index in [9.17, 15) is 4.79 Å². The van der Waals surface area contributed by atoms with Crippen LogP contribution in [-0.2, 0) is 4.79 Å². The number of amides is 1. The summed E-state index contributed by atoms with van der Waals surface area (Å²) in [6, 6.07) is 1.97. The topological polar surface area (TPSA) is 41.5 Å². The molecule has 0 aromatic carbocycles. The number of rotatable bonds is 3. The molecule has 1 heterocycles. The number of thioether (sulfide) groups is 1. The van der Waals surface area contributed by atoms with Crippen LogP contribution in [0.5, 0.6) is 0 Å². The van der Waals surface area contributed by atoms with Gasteiger partial charge in [0.05, 0.1) is 10.4 Å². The molecule has 0 spiro atoms. The van der Waals surface area contributed by atoms with Crippen LogP contribution >= 0.6 is 23.1 Å². The smallest absolute Gasteiger partial charge is 0.236 e. The Hall–Kier alpha value is -0.810. The van der Waals surface area contributed by atoms with Crippen LogP contribution in [0.25, 0.3) is 0 Å². The lowest BCUT2D eigenvalue weighted by Crippen LogP contribution is -2.12. The van der Waals surface area contributed by atoms with Crippen molar-refractivity contribution in [2.24, 2.45) is 5.10 Å². The summed E-state index contributed by atoms with van der Waals surface area (Å²) in [6.07, 6.45) is 3.67. The predicted octanol–water partition coefficient (Wildman–Crippen LogP) is 1.94. The van der Waals surface area contributed by atoms with Crippen molar-refractivity contribution in [2.45, 2.75) is 11.1 Å². The van der Waals surface area contributed by atoms with E-state index in [1.807, 2.05) is 17.7 Å². The highest BCUT2D eigenvalue weighted by Crippen LogP contribution is 2.24.